The zero-order chi connectivity index (χ0) is 11.4. The first-order valence-electron chi connectivity index (χ1n) is 4.83. The quantitative estimate of drug-likeness (QED) is 0.718. The molecule has 1 aromatic heterocycles. The van der Waals surface area contributed by atoms with Crippen LogP contribution in [-0.4, -0.2) is 34.6 Å². The number of methoxy groups -OCH3 is 1. The Balaban J connectivity index is 3.11. The SMILES string of the molecule is COC(=O)c1nnn(CCN)c1C(C)C. The number of nitrogens with two attached hydrogens (primary N) is 1. The molecule has 0 unspecified atom stereocenters. The van der Waals surface area contributed by atoms with E-state index in [4.69, 9.17) is 5.73 Å². The van der Waals surface area contributed by atoms with E-state index in [-0.39, 0.29) is 11.6 Å². The van der Waals surface area contributed by atoms with Gasteiger partial charge in [-0.2, -0.15) is 0 Å². The zero-order valence-electron chi connectivity index (χ0n) is 9.23. The van der Waals surface area contributed by atoms with Crippen molar-refractivity contribution in [2.45, 2.75) is 26.3 Å². The van der Waals surface area contributed by atoms with Gasteiger partial charge in [0.2, 0.25) is 0 Å². The van der Waals surface area contributed by atoms with E-state index >= 15 is 0 Å². The van der Waals surface area contributed by atoms with Gasteiger partial charge in [0.25, 0.3) is 0 Å². The van der Waals surface area contributed by atoms with Crippen molar-refractivity contribution in [1.29, 1.82) is 0 Å². The highest BCUT2D eigenvalue weighted by Gasteiger charge is 2.21. The molecule has 6 nitrogen and oxygen atoms in total. The van der Waals surface area contributed by atoms with Crippen LogP contribution in [0.1, 0.15) is 35.9 Å². The largest absolute Gasteiger partial charge is 0.464 e. The number of ether oxygens (including phenoxy) is 1. The van der Waals surface area contributed by atoms with Crippen molar-refractivity contribution >= 4 is 5.97 Å². The molecule has 0 amide bonds. The van der Waals surface area contributed by atoms with Gasteiger partial charge in [0.15, 0.2) is 5.69 Å². The summed E-state index contributed by atoms with van der Waals surface area (Å²) in [5.74, 6) is -0.303. The molecule has 1 aromatic rings. The van der Waals surface area contributed by atoms with E-state index < -0.39 is 5.97 Å². The minimum atomic E-state index is -0.457. The van der Waals surface area contributed by atoms with Crippen molar-refractivity contribution in [1.82, 2.24) is 15.0 Å². The lowest BCUT2D eigenvalue weighted by atomic mass is 10.1. The van der Waals surface area contributed by atoms with Gasteiger partial charge in [-0.15, -0.1) is 5.10 Å². The summed E-state index contributed by atoms with van der Waals surface area (Å²) >= 11 is 0. The number of carbonyl (C=O) groups is 1. The van der Waals surface area contributed by atoms with Gasteiger partial charge >= 0.3 is 5.97 Å². The summed E-state index contributed by atoms with van der Waals surface area (Å²) in [6.07, 6.45) is 0. The Kier molecular flexibility index (Phi) is 3.79. The highest BCUT2D eigenvalue weighted by Crippen LogP contribution is 2.17. The Bertz CT molecular complexity index is 346. The van der Waals surface area contributed by atoms with Gasteiger partial charge < -0.3 is 10.5 Å². The molecule has 1 heterocycles. The Labute approximate surface area is 88.4 Å². The van der Waals surface area contributed by atoms with Crippen molar-refractivity contribution in [2.75, 3.05) is 13.7 Å². The van der Waals surface area contributed by atoms with E-state index in [0.717, 1.165) is 5.69 Å². The Morgan fingerprint density at radius 1 is 1.60 bits per heavy atom. The molecule has 0 aliphatic heterocycles. The monoisotopic (exact) mass is 212 g/mol. The lowest BCUT2D eigenvalue weighted by Crippen LogP contribution is -2.16. The highest BCUT2D eigenvalue weighted by molar-refractivity contribution is 5.88. The number of hydrogen-bond donors (Lipinski definition) is 1. The maximum absolute atomic E-state index is 11.4. The van der Waals surface area contributed by atoms with Crippen LogP contribution in [0.3, 0.4) is 0 Å². The van der Waals surface area contributed by atoms with Crippen LogP contribution in [0.5, 0.6) is 0 Å². The smallest absolute Gasteiger partial charge is 0.360 e. The summed E-state index contributed by atoms with van der Waals surface area (Å²) in [6, 6.07) is 0. The standard InChI is InChI=1S/C9H16N4O2/c1-6(2)8-7(9(14)15-3)11-12-13(8)5-4-10/h6H,4-5,10H2,1-3H3. The van der Waals surface area contributed by atoms with E-state index in [1.807, 2.05) is 13.8 Å². The predicted octanol–water partition coefficient (Wildman–Crippen LogP) is 0.147. The van der Waals surface area contributed by atoms with Crippen molar-refractivity contribution in [3.8, 4) is 0 Å². The predicted molar refractivity (Wildman–Crippen MR) is 54.5 cm³/mol. The molecule has 0 aliphatic carbocycles. The molecular weight excluding hydrogens is 196 g/mol. The number of carbonyl (C=O) groups excluding carboxylic acids is 1. The fourth-order valence-corrected chi connectivity index (χ4v) is 1.42. The number of rotatable bonds is 4. The highest BCUT2D eigenvalue weighted by atomic mass is 16.5. The summed E-state index contributed by atoms with van der Waals surface area (Å²) in [7, 11) is 1.33. The van der Waals surface area contributed by atoms with Gasteiger partial charge in [0, 0.05) is 6.54 Å². The molecule has 0 fully saturated rings. The first-order valence-corrected chi connectivity index (χ1v) is 4.83. The molecule has 0 spiro atoms. The third-order valence-electron chi connectivity index (χ3n) is 2.04. The number of nitrogens with zero attached hydrogens (tertiary/aromatic N) is 3. The molecule has 0 radical (unpaired) electrons. The van der Waals surface area contributed by atoms with Crippen LogP contribution < -0.4 is 5.73 Å². The van der Waals surface area contributed by atoms with Crippen molar-refractivity contribution in [3.63, 3.8) is 0 Å². The van der Waals surface area contributed by atoms with Crippen LogP contribution in [0, 0.1) is 0 Å². The van der Waals surface area contributed by atoms with Crippen molar-refractivity contribution in [2.24, 2.45) is 5.73 Å². The molecule has 0 aromatic carbocycles. The van der Waals surface area contributed by atoms with E-state index in [0.29, 0.717) is 13.1 Å². The van der Waals surface area contributed by atoms with Crippen molar-refractivity contribution < 1.29 is 9.53 Å². The summed E-state index contributed by atoms with van der Waals surface area (Å²) < 4.78 is 6.28. The molecule has 6 heteroatoms. The first-order chi connectivity index (χ1) is 7.11. The fourth-order valence-electron chi connectivity index (χ4n) is 1.42. The summed E-state index contributed by atoms with van der Waals surface area (Å²) in [5.41, 5.74) is 6.49. The third kappa shape index (κ3) is 2.33. The summed E-state index contributed by atoms with van der Waals surface area (Å²) in [5, 5.41) is 7.69. The maximum Gasteiger partial charge on any atom is 0.360 e. The average molecular weight is 212 g/mol. The molecule has 1 rings (SSSR count). The second-order valence-corrected chi connectivity index (χ2v) is 3.48. The van der Waals surface area contributed by atoms with Crippen LogP contribution in [-0.2, 0) is 11.3 Å². The lowest BCUT2D eigenvalue weighted by Gasteiger charge is -2.08. The van der Waals surface area contributed by atoms with Gasteiger partial charge in [-0.3, -0.25) is 0 Å². The van der Waals surface area contributed by atoms with E-state index in [1.165, 1.54) is 7.11 Å². The van der Waals surface area contributed by atoms with Gasteiger partial charge in [-0.25, -0.2) is 9.48 Å². The maximum atomic E-state index is 11.4. The van der Waals surface area contributed by atoms with E-state index in [9.17, 15) is 4.79 Å². The van der Waals surface area contributed by atoms with Crippen LogP contribution in [0.15, 0.2) is 0 Å². The average Bonchev–Trinajstić information content (AvgIpc) is 2.61. The Hall–Kier alpha value is -1.43. The van der Waals surface area contributed by atoms with Crippen LogP contribution in [0.4, 0.5) is 0 Å². The normalized spacial score (nSPS) is 10.7. The zero-order valence-corrected chi connectivity index (χ0v) is 9.23. The topological polar surface area (TPSA) is 83.0 Å². The van der Waals surface area contributed by atoms with E-state index in [1.54, 1.807) is 4.68 Å². The molecule has 0 bridgehead atoms. The Morgan fingerprint density at radius 3 is 2.73 bits per heavy atom. The summed E-state index contributed by atoms with van der Waals surface area (Å²) in [4.78, 5) is 11.4. The minimum absolute atomic E-state index is 0.153. The third-order valence-corrected chi connectivity index (χ3v) is 2.04. The van der Waals surface area contributed by atoms with Gasteiger partial charge in [-0.05, 0) is 5.92 Å². The van der Waals surface area contributed by atoms with Gasteiger partial charge in [0.05, 0.1) is 19.3 Å². The number of aromatic nitrogens is 3. The number of hydrogen-bond acceptors (Lipinski definition) is 5. The van der Waals surface area contributed by atoms with Gasteiger partial charge in [-0.1, -0.05) is 19.1 Å². The summed E-state index contributed by atoms with van der Waals surface area (Å²) in [6.45, 7) is 4.96. The van der Waals surface area contributed by atoms with Crippen LogP contribution in [0.25, 0.3) is 0 Å². The molecule has 0 saturated carbocycles. The van der Waals surface area contributed by atoms with Crippen molar-refractivity contribution in [3.05, 3.63) is 11.4 Å². The second-order valence-electron chi connectivity index (χ2n) is 3.48. The van der Waals surface area contributed by atoms with Gasteiger partial charge in [0.1, 0.15) is 0 Å². The minimum Gasteiger partial charge on any atom is -0.464 e. The lowest BCUT2D eigenvalue weighted by molar-refractivity contribution is 0.0592. The second kappa shape index (κ2) is 4.88. The van der Waals surface area contributed by atoms with Crippen LogP contribution in [0.2, 0.25) is 0 Å². The molecule has 2 N–H and O–H groups in total. The molecule has 0 aliphatic rings. The Morgan fingerprint density at radius 2 is 2.27 bits per heavy atom. The molecule has 0 saturated heterocycles. The molecular formula is C9H16N4O2. The van der Waals surface area contributed by atoms with E-state index in [2.05, 4.69) is 15.0 Å². The molecule has 0 atom stereocenters. The molecule has 84 valence electrons. The number of esters is 1. The molecule has 15 heavy (non-hydrogen) atoms. The first kappa shape index (κ1) is 11.6. The van der Waals surface area contributed by atoms with Crippen LogP contribution >= 0.6 is 0 Å². The fraction of sp³-hybridized carbons (Fsp3) is 0.667.